The van der Waals surface area contributed by atoms with Crippen molar-refractivity contribution in [1.82, 2.24) is 0 Å². The molecule has 5 nitrogen and oxygen atoms in total. The number of amides is 2. The fourth-order valence-electron chi connectivity index (χ4n) is 3.01. The van der Waals surface area contributed by atoms with Gasteiger partial charge in [-0.1, -0.05) is 30.3 Å². The maximum absolute atomic E-state index is 12.6. The number of ether oxygens (including phenoxy) is 1. The molecule has 0 saturated heterocycles. The quantitative estimate of drug-likeness (QED) is 0.313. The molecule has 3 aromatic carbocycles. The summed E-state index contributed by atoms with van der Waals surface area (Å²) >= 11 is 2.21. The van der Waals surface area contributed by atoms with Crippen LogP contribution in [0.4, 0.5) is 5.69 Å². The Morgan fingerprint density at radius 1 is 0.857 bits per heavy atom. The van der Waals surface area contributed by atoms with Gasteiger partial charge in [-0.2, -0.15) is 0 Å². The third kappa shape index (κ3) is 3.43. The highest BCUT2D eigenvalue weighted by Crippen LogP contribution is 2.28. The van der Waals surface area contributed by atoms with E-state index < -0.39 is 17.8 Å². The number of benzene rings is 3. The third-order valence-corrected chi connectivity index (χ3v) is 5.14. The molecule has 1 heterocycles. The van der Waals surface area contributed by atoms with Crippen LogP contribution in [0.2, 0.25) is 0 Å². The zero-order valence-corrected chi connectivity index (χ0v) is 16.8. The van der Waals surface area contributed by atoms with Gasteiger partial charge in [0.1, 0.15) is 6.61 Å². The number of nitrogens with zero attached hydrogens (tertiary/aromatic N) is 1. The molecule has 28 heavy (non-hydrogen) atoms. The van der Waals surface area contributed by atoms with Crippen LogP contribution in [0.3, 0.4) is 0 Å². The molecule has 0 saturated carbocycles. The number of rotatable bonds is 4. The minimum Gasteiger partial charge on any atom is -0.457 e. The maximum Gasteiger partial charge on any atom is 0.338 e. The highest BCUT2D eigenvalue weighted by Gasteiger charge is 2.36. The van der Waals surface area contributed by atoms with Gasteiger partial charge >= 0.3 is 5.97 Å². The minimum atomic E-state index is -0.517. The van der Waals surface area contributed by atoms with Gasteiger partial charge in [-0.3, -0.25) is 9.59 Å². The zero-order chi connectivity index (χ0) is 19.7. The van der Waals surface area contributed by atoms with Crippen LogP contribution in [0.5, 0.6) is 0 Å². The first kappa shape index (κ1) is 18.4. The topological polar surface area (TPSA) is 63.7 Å². The van der Waals surface area contributed by atoms with E-state index in [1.165, 1.54) is 6.07 Å². The van der Waals surface area contributed by atoms with E-state index in [2.05, 4.69) is 22.6 Å². The van der Waals surface area contributed by atoms with Crippen molar-refractivity contribution in [3.63, 3.8) is 0 Å². The molecule has 1 aliphatic rings. The smallest absolute Gasteiger partial charge is 0.338 e. The van der Waals surface area contributed by atoms with Crippen molar-refractivity contribution in [3.8, 4) is 0 Å². The van der Waals surface area contributed by atoms with Gasteiger partial charge in [-0.05, 0) is 70.6 Å². The molecule has 138 valence electrons. The standard InChI is InChI=1S/C22H14INO4/c23-16-10-8-14(9-11-16)13-28-22(27)15-4-3-5-17(12-15)24-20(25)18-6-1-2-7-19(18)21(24)26/h1-12H,13H2. The van der Waals surface area contributed by atoms with Crippen molar-refractivity contribution >= 4 is 46.1 Å². The van der Waals surface area contributed by atoms with Gasteiger partial charge in [0.15, 0.2) is 0 Å². The second-order valence-corrected chi connectivity index (χ2v) is 7.49. The molecule has 0 fully saturated rings. The lowest BCUT2D eigenvalue weighted by Gasteiger charge is -2.15. The molecule has 3 aromatic rings. The summed E-state index contributed by atoms with van der Waals surface area (Å²) in [4.78, 5) is 38.7. The number of carbonyl (C=O) groups is 3. The Morgan fingerprint density at radius 3 is 2.14 bits per heavy atom. The van der Waals surface area contributed by atoms with Gasteiger partial charge in [-0.15, -0.1) is 0 Å². The third-order valence-electron chi connectivity index (χ3n) is 4.42. The largest absolute Gasteiger partial charge is 0.457 e. The molecule has 0 atom stereocenters. The average molecular weight is 483 g/mol. The SMILES string of the molecule is O=C(OCc1ccc(I)cc1)c1cccc(N2C(=O)c3ccccc3C2=O)c1. The first-order chi connectivity index (χ1) is 13.5. The molecule has 1 aliphatic heterocycles. The summed E-state index contributed by atoms with van der Waals surface area (Å²) in [6.07, 6.45) is 0. The molecule has 0 aliphatic carbocycles. The Balaban J connectivity index is 1.53. The number of esters is 1. The molecule has 0 N–H and O–H groups in total. The van der Waals surface area contributed by atoms with Gasteiger partial charge in [0, 0.05) is 3.57 Å². The number of imide groups is 1. The van der Waals surface area contributed by atoms with Gasteiger partial charge < -0.3 is 4.74 Å². The molecular weight excluding hydrogens is 469 g/mol. The highest BCUT2D eigenvalue weighted by atomic mass is 127. The number of fused-ring (bicyclic) bond motifs is 1. The molecule has 2 amide bonds. The van der Waals surface area contributed by atoms with E-state index in [-0.39, 0.29) is 12.2 Å². The monoisotopic (exact) mass is 483 g/mol. The zero-order valence-electron chi connectivity index (χ0n) is 14.6. The molecular formula is C22H14INO4. The second kappa shape index (κ2) is 7.55. The Morgan fingerprint density at radius 2 is 1.50 bits per heavy atom. The van der Waals surface area contributed by atoms with Crippen LogP contribution in [0.1, 0.15) is 36.6 Å². The summed E-state index contributed by atoms with van der Waals surface area (Å²) in [6, 6.07) is 20.7. The Labute approximate surface area is 175 Å². The van der Waals surface area contributed by atoms with Crippen LogP contribution in [0, 0.1) is 3.57 Å². The summed E-state index contributed by atoms with van der Waals surface area (Å²) in [7, 11) is 0. The molecule has 6 heteroatoms. The number of carbonyl (C=O) groups excluding carboxylic acids is 3. The van der Waals surface area contributed by atoms with Crippen molar-refractivity contribution in [3.05, 3.63) is 98.6 Å². The van der Waals surface area contributed by atoms with Crippen LogP contribution in [-0.2, 0) is 11.3 Å². The van der Waals surface area contributed by atoms with Crippen molar-refractivity contribution in [2.45, 2.75) is 6.61 Å². The molecule has 4 rings (SSSR count). The number of halogens is 1. The highest BCUT2D eigenvalue weighted by molar-refractivity contribution is 14.1. The summed E-state index contributed by atoms with van der Waals surface area (Å²) in [6.45, 7) is 0.146. The molecule has 0 unspecified atom stereocenters. The summed E-state index contributed by atoms with van der Waals surface area (Å²) in [5.41, 5.74) is 2.22. The van der Waals surface area contributed by atoms with Gasteiger partial charge in [0.25, 0.3) is 11.8 Å². The van der Waals surface area contributed by atoms with E-state index in [9.17, 15) is 14.4 Å². The number of anilines is 1. The first-order valence-electron chi connectivity index (χ1n) is 8.54. The van der Waals surface area contributed by atoms with Gasteiger partial charge in [-0.25, -0.2) is 9.69 Å². The molecule has 0 bridgehead atoms. The van der Waals surface area contributed by atoms with Crippen molar-refractivity contribution < 1.29 is 19.1 Å². The Kier molecular flexibility index (Phi) is 4.95. The Hall–Kier alpha value is -3.00. The van der Waals surface area contributed by atoms with Crippen LogP contribution in [0.25, 0.3) is 0 Å². The van der Waals surface area contributed by atoms with Gasteiger partial charge in [0.05, 0.1) is 22.4 Å². The minimum absolute atomic E-state index is 0.146. The predicted molar refractivity (Wildman–Crippen MR) is 112 cm³/mol. The molecule has 0 radical (unpaired) electrons. The van der Waals surface area contributed by atoms with Crippen molar-refractivity contribution in [1.29, 1.82) is 0 Å². The predicted octanol–water partition coefficient (Wildman–Crippen LogP) is 4.45. The number of hydrogen-bond donors (Lipinski definition) is 0. The molecule has 0 aromatic heterocycles. The second-order valence-electron chi connectivity index (χ2n) is 6.24. The van der Waals surface area contributed by atoms with Gasteiger partial charge in [0.2, 0.25) is 0 Å². The average Bonchev–Trinajstić information content (AvgIpc) is 2.98. The first-order valence-corrected chi connectivity index (χ1v) is 9.62. The normalized spacial score (nSPS) is 12.8. The lowest BCUT2D eigenvalue weighted by molar-refractivity contribution is 0.0472. The van der Waals surface area contributed by atoms with E-state index in [0.717, 1.165) is 14.0 Å². The lowest BCUT2D eigenvalue weighted by atomic mass is 10.1. The van der Waals surface area contributed by atoms with E-state index >= 15 is 0 Å². The van der Waals surface area contributed by atoms with E-state index in [1.54, 1.807) is 42.5 Å². The lowest BCUT2D eigenvalue weighted by Crippen LogP contribution is -2.29. The van der Waals surface area contributed by atoms with Crippen LogP contribution >= 0.6 is 22.6 Å². The van der Waals surface area contributed by atoms with E-state index in [1.807, 2.05) is 24.3 Å². The maximum atomic E-state index is 12.6. The number of hydrogen-bond acceptors (Lipinski definition) is 4. The van der Waals surface area contributed by atoms with Crippen molar-refractivity contribution in [2.24, 2.45) is 0 Å². The molecule has 0 spiro atoms. The van der Waals surface area contributed by atoms with E-state index in [0.29, 0.717) is 16.8 Å². The van der Waals surface area contributed by atoms with Crippen LogP contribution < -0.4 is 4.90 Å². The fourth-order valence-corrected chi connectivity index (χ4v) is 3.37. The van der Waals surface area contributed by atoms with Crippen molar-refractivity contribution in [2.75, 3.05) is 4.90 Å². The fraction of sp³-hybridized carbons (Fsp3) is 0.0455. The Bertz CT molecular complexity index is 1060. The summed E-state index contributed by atoms with van der Waals surface area (Å²) < 4.78 is 6.46. The summed E-state index contributed by atoms with van der Waals surface area (Å²) in [5.74, 6) is -1.31. The van der Waals surface area contributed by atoms with Crippen LogP contribution in [-0.4, -0.2) is 17.8 Å². The van der Waals surface area contributed by atoms with Crippen LogP contribution in [0.15, 0.2) is 72.8 Å². The summed E-state index contributed by atoms with van der Waals surface area (Å²) in [5, 5.41) is 0. The van der Waals surface area contributed by atoms with E-state index in [4.69, 9.17) is 4.74 Å².